The quantitative estimate of drug-likeness (QED) is 0.642. The summed E-state index contributed by atoms with van der Waals surface area (Å²) in [6.45, 7) is 0. The molecular formula is C19H16N2O3S2. The Morgan fingerprint density at radius 2 is 1.88 bits per heavy atom. The van der Waals surface area contributed by atoms with Gasteiger partial charge in [-0.2, -0.15) is 0 Å². The molecule has 1 saturated heterocycles. The van der Waals surface area contributed by atoms with Gasteiger partial charge in [-0.15, -0.1) is 0 Å². The second-order valence-electron chi connectivity index (χ2n) is 5.52. The number of hydrogen-bond acceptors (Lipinski definition) is 5. The Kier molecular flexibility index (Phi) is 5.39. The summed E-state index contributed by atoms with van der Waals surface area (Å²) in [6, 6.07) is 14.2. The number of hydrogen-bond donors (Lipinski definition) is 1. The Labute approximate surface area is 161 Å². The lowest BCUT2D eigenvalue weighted by Gasteiger charge is -2.10. The van der Waals surface area contributed by atoms with Gasteiger partial charge in [0.2, 0.25) is 0 Å². The van der Waals surface area contributed by atoms with Crippen LogP contribution in [0.25, 0.3) is 6.08 Å². The fourth-order valence-corrected chi connectivity index (χ4v) is 3.55. The van der Waals surface area contributed by atoms with Crippen LogP contribution in [0.2, 0.25) is 0 Å². The van der Waals surface area contributed by atoms with Crippen LogP contribution in [0, 0.1) is 0 Å². The molecule has 0 atom stereocenters. The minimum atomic E-state index is -0.235. The number of nitrogens with one attached hydrogen (secondary N) is 1. The van der Waals surface area contributed by atoms with Crippen molar-refractivity contribution in [2.75, 3.05) is 19.5 Å². The maximum atomic E-state index is 12.4. The maximum absolute atomic E-state index is 12.4. The van der Waals surface area contributed by atoms with E-state index in [1.165, 1.54) is 16.7 Å². The van der Waals surface area contributed by atoms with Crippen molar-refractivity contribution in [1.29, 1.82) is 0 Å². The number of anilines is 1. The number of thioether (sulfide) groups is 1. The van der Waals surface area contributed by atoms with Crippen LogP contribution < -0.4 is 10.1 Å². The molecule has 132 valence electrons. The first kappa shape index (κ1) is 18.2. The highest BCUT2D eigenvalue weighted by atomic mass is 32.2. The summed E-state index contributed by atoms with van der Waals surface area (Å²) >= 11 is 6.38. The van der Waals surface area contributed by atoms with Crippen LogP contribution >= 0.6 is 24.0 Å². The lowest BCUT2D eigenvalue weighted by molar-refractivity contribution is -0.121. The zero-order chi connectivity index (χ0) is 18.7. The molecule has 1 fully saturated rings. The van der Waals surface area contributed by atoms with Crippen LogP contribution in [0.15, 0.2) is 53.4 Å². The normalized spacial score (nSPS) is 15.5. The van der Waals surface area contributed by atoms with Crippen LogP contribution in [0.4, 0.5) is 5.69 Å². The maximum Gasteiger partial charge on any atom is 0.265 e. The predicted molar refractivity (Wildman–Crippen MR) is 108 cm³/mol. The van der Waals surface area contributed by atoms with Crippen LogP contribution in [-0.4, -0.2) is 35.2 Å². The molecule has 2 amide bonds. The highest BCUT2D eigenvalue weighted by molar-refractivity contribution is 8.26. The number of benzene rings is 2. The Morgan fingerprint density at radius 1 is 1.19 bits per heavy atom. The molecule has 1 heterocycles. The number of ether oxygens (including phenoxy) is 1. The van der Waals surface area contributed by atoms with Gasteiger partial charge in [0.1, 0.15) is 10.1 Å². The topological polar surface area (TPSA) is 58.6 Å². The van der Waals surface area contributed by atoms with Gasteiger partial charge in [-0.25, -0.2) is 0 Å². The summed E-state index contributed by atoms with van der Waals surface area (Å²) in [4.78, 5) is 26.5. The van der Waals surface area contributed by atoms with Gasteiger partial charge in [0.05, 0.1) is 17.7 Å². The molecule has 0 saturated carbocycles. The van der Waals surface area contributed by atoms with E-state index in [0.717, 1.165) is 5.56 Å². The largest absolute Gasteiger partial charge is 0.495 e. The molecule has 1 N–H and O–H groups in total. The molecule has 26 heavy (non-hydrogen) atoms. The number of thiocarbonyl (C=S) groups is 1. The standard InChI is InChI=1S/C19H16N2O3S2/c1-21-18(23)16(26-19(21)25)11-12-7-9-13(10-8-12)17(22)20-14-5-3-4-6-15(14)24-2/h3-11H,1-2H3,(H,20,22)/b16-11-. The summed E-state index contributed by atoms with van der Waals surface area (Å²) in [6.07, 6.45) is 1.77. The first-order valence-electron chi connectivity index (χ1n) is 7.75. The molecule has 7 heteroatoms. The molecule has 0 aliphatic carbocycles. The number of likely N-dealkylation sites (N-methyl/N-ethyl adjacent to an activating group) is 1. The van der Waals surface area contributed by atoms with E-state index in [2.05, 4.69) is 5.32 Å². The van der Waals surface area contributed by atoms with E-state index in [1.807, 2.05) is 12.1 Å². The number of amides is 2. The van der Waals surface area contributed by atoms with E-state index in [9.17, 15) is 9.59 Å². The summed E-state index contributed by atoms with van der Waals surface area (Å²) in [5.41, 5.74) is 1.94. The molecule has 1 aliphatic heterocycles. The minimum absolute atomic E-state index is 0.113. The molecule has 0 aromatic heterocycles. The van der Waals surface area contributed by atoms with Gasteiger partial charge in [-0.3, -0.25) is 14.5 Å². The molecular weight excluding hydrogens is 368 g/mol. The highest BCUT2D eigenvalue weighted by Gasteiger charge is 2.28. The minimum Gasteiger partial charge on any atom is -0.495 e. The first-order chi connectivity index (χ1) is 12.5. The average Bonchev–Trinajstić information content (AvgIpc) is 2.89. The smallest absolute Gasteiger partial charge is 0.265 e. The number of methoxy groups -OCH3 is 1. The molecule has 0 bridgehead atoms. The monoisotopic (exact) mass is 384 g/mol. The zero-order valence-electron chi connectivity index (χ0n) is 14.2. The van der Waals surface area contributed by atoms with E-state index in [1.54, 1.807) is 56.6 Å². The first-order valence-corrected chi connectivity index (χ1v) is 8.98. The zero-order valence-corrected chi connectivity index (χ0v) is 15.8. The molecule has 0 radical (unpaired) electrons. The number of rotatable bonds is 4. The number of para-hydroxylation sites is 2. The van der Waals surface area contributed by atoms with Gasteiger partial charge in [-0.05, 0) is 35.9 Å². The van der Waals surface area contributed by atoms with Crippen molar-refractivity contribution in [3.8, 4) is 5.75 Å². The molecule has 3 rings (SSSR count). The van der Waals surface area contributed by atoms with Gasteiger partial charge in [0, 0.05) is 12.6 Å². The fourth-order valence-electron chi connectivity index (χ4n) is 2.37. The van der Waals surface area contributed by atoms with Crippen molar-refractivity contribution >= 4 is 51.9 Å². The number of nitrogens with zero attached hydrogens (tertiary/aromatic N) is 1. The lowest BCUT2D eigenvalue weighted by atomic mass is 10.1. The van der Waals surface area contributed by atoms with Gasteiger partial charge >= 0.3 is 0 Å². The Morgan fingerprint density at radius 3 is 2.50 bits per heavy atom. The fraction of sp³-hybridized carbons (Fsp3) is 0.105. The Bertz CT molecular complexity index is 907. The third-order valence-electron chi connectivity index (χ3n) is 3.81. The van der Waals surface area contributed by atoms with E-state index in [0.29, 0.717) is 26.2 Å². The van der Waals surface area contributed by atoms with Gasteiger partial charge < -0.3 is 10.1 Å². The van der Waals surface area contributed by atoms with E-state index >= 15 is 0 Å². The van der Waals surface area contributed by atoms with Gasteiger partial charge in [-0.1, -0.05) is 48.2 Å². The molecule has 2 aromatic rings. The number of carbonyl (C=O) groups is 2. The van der Waals surface area contributed by atoms with E-state index in [-0.39, 0.29) is 11.8 Å². The third-order valence-corrected chi connectivity index (χ3v) is 5.30. The van der Waals surface area contributed by atoms with Crippen LogP contribution in [0.3, 0.4) is 0 Å². The molecule has 2 aromatic carbocycles. The second-order valence-corrected chi connectivity index (χ2v) is 7.19. The van der Waals surface area contributed by atoms with E-state index in [4.69, 9.17) is 17.0 Å². The Balaban J connectivity index is 1.74. The summed E-state index contributed by atoms with van der Waals surface area (Å²) in [5, 5.41) is 2.83. The highest BCUT2D eigenvalue weighted by Crippen LogP contribution is 2.31. The number of carbonyl (C=O) groups excluding carboxylic acids is 2. The van der Waals surface area contributed by atoms with Crippen molar-refractivity contribution < 1.29 is 14.3 Å². The second kappa shape index (κ2) is 7.72. The van der Waals surface area contributed by atoms with Crippen molar-refractivity contribution in [2.45, 2.75) is 0 Å². The van der Waals surface area contributed by atoms with E-state index < -0.39 is 0 Å². The average molecular weight is 384 g/mol. The lowest BCUT2D eigenvalue weighted by Crippen LogP contribution is -2.22. The van der Waals surface area contributed by atoms with Crippen molar-refractivity contribution in [3.63, 3.8) is 0 Å². The van der Waals surface area contributed by atoms with Crippen molar-refractivity contribution in [2.24, 2.45) is 0 Å². The molecule has 1 aliphatic rings. The Hall–Kier alpha value is -2.64. The predicted octanol–water partition coefficient (Wildman–Crippen LogP) is 3.78. The third kappa shape index (κ3) is 3.79. The summed E-state index contributed by atoms with van der Waals surface area (Å²) in [7, 11) is 3.21. The van der Waals surface area contributed by atoms with Crippen molar-refractivity contribution in [3.05, 3.63) is 64.6 Å². The van der Waals surface area contributed by atoms with Gasteiger partial charge in [0.25, 0.3) is 11.8 Å². The SMILES string of the molecule is COc1ccccc1NC(=O)c1ccc(/C=C2\SC(=S)N(C)C2=O)cc1. The summed E-state index contributed by atoms with van der Waals surface area (Å²) < 4.78 is 5.77. The van der Waals surface area contributed by atoms with Crippen molar-refractivity contribution in [1.82, 2.24) is 4.90 Å². The van der Waals surface area contributed by atoms with Crippen LogP contribution in [0.1, 0.15) is 15.9 Å². The summed E-state index contributed by atoms with van der Waals surface area (Å²) in [5.74, 6) is 0.248. The van der Waals surface area contributed by atoms with Gasteiger partial charge in [0.15, 0.2) is 0 Å². The van der Waals surface area contributed by atoms with Crippen LogP contribution in [0.5, 0.6) is 5.75 Å². The molecule has 0 unspecified atom stereocenters. The molecule has 5 nitrogen and oxygen atoms in total. The van der Waals surface area contributed by atoms with Crippen LogP contribution in [-0.2, 0) is 4.79 Å². The molecule has 0 spiro atoms.